The first-order valence-corrected chi connectivity index (χ1v) is 11.8. The minimum absolute atomic E-state index is 0.0171. The summed E-state index contributed by atoms with van der Waals surface area (Å²) >= 11 is 0. The molecule has 0 spiro atoms. The van der Waals surface area contributed by atoms with E-state index in [0.717, 1.165) is 59.7 Å². The largest absolute Gasteiger partial charge is 0.322 e. The molecule has 1 saturated carbocycles. The number of H-pyrrole nitrogens is 1. The molecular formula is C24H33N6O+. The number of nitrogens with zero attached hydrogens (tertiary/aromatic N) is 4. The summed E-state index contributed by atoms with van der Waals surface area (Å²) in [6, 6.07) is 6.58. The van der Waals surface area contributed by atoms with Crippen LogP contribution < -0.4 is 10.5 Å². The number of rotatable bonds is 4. The third-order valence-corrected chi connectivity index (χ3v) is 7.40. The first-order chi connectivity index (χ1) is 15.0. The van der Waals surface area contributed by atoms with Gasteiger partial charge >= 0.3 is 0 Å². The van der Waals surface area contributed by atoms with Crippen LogP contribution >= 0.6 is 0 Å². The maximum absolute atomic E-state index is 13.4. The zero-order valence-electron chi connectivity index (χ0n) is 18.8. The zero-order chi connectivity index (χ0) is 21.5. The van der Waals surface area contributed by atoms with Gasteiger partial charge in [-0.2, -0.15) is 0 Å². The van der Waals surface area contributed by atoms with Crippen molar-refractivity contribution in [2.45, 2.75) is 71.4 Å². The van der Waals surface area contributed by atoms with Crippen LogP contribution in [0.2, 0.25) is 0 Å². The molecule has 1 aromatic carbocycles. The van der Waals surface area contributed by atoms with E-state index in [4.69, 9.17) is 0 Å². The molecule has 7 nitrogen and oxygen atoms in total. The van der Waals surface area contributed by atoms with Crippen LogP contribution in [0.4, 0.5) is 0 Å². The van der Waals surface area contributed by atoms with Gasteiger partial charge in [-0.05, 0) is 79.0 Å². The molecule has 2 N–H and O–H groups in total. The van der Waals surface area contributed by atoms with Crippen molar-refractivity contribution in [2.24, 2.45) is 5.92 Å². The number of quaternary nitrogens is 1. The summed E-state index contributed by atoms with van der Waals surface area (Å²) in [5.74, 6) is 1.58. The Kier molecular flexibility index (Phi) is 5.38. The Balaban J connectivity index is 1.66. The van der Waals surface area contributed by atoms with Crippen molar-refractivity contribution in [3.63, 3.8) is 0 Å². The Morgan fingerprint density at radius 2 is 1.84 bits per heavy atom. The fourth-order valence-electron chi connectivity index (χ4n) is 5.68. The standard InChI is InChI=1S/C24H32N6O/c1-15-8-10-29(11-9-15)22(23-26-27-28-30(23)19-6-4-5-7-19)20-14-18-13-16(2)12-17(3)21(18)25-24(20)31/h12-15,19,22H,4-11H2,1-3H3,(H,25,31)/p+1/t22-/m1/s1. The van der Waals surface area contributed by atoms with E-state index in [1.807, 2.05) is 4.68 Å². The van der Waals surface area contributed by atoms with E-state index < -0.39 is 0 Å². The molecule has 0 unspecified atom stereocenters. The van der Waals surface area contributed by atoms with Crippen LogP contribution in [0.25, 0.3) is 10.9 Å². The highest BCUT2D eigenvalue weighted by atomic mass is 16.1. The van der Waals surface area contributed by atoms with Gasteiger partial charge in [0.1, 0.15) is 0 Å². The molecule has 7 heteroatoms. The van der Waals surface area contributed by atoms with Crippen LogP contribution in [0, 0.1) is 19.8 Å². The van der Waals surface area contributed by atoms with E-state index >= 15 is 0 Å². The summed E-state index contributed by atoms with van der Waals surface area (Å²) in [6.45, 7) is 8.55. The highest BCUT2D eigenvalue weighted by molar-refractivity contribution is 5.83. The Hall–Kier alpha value is -2.54. The van der Waals surface area contributed by atoms with Crippen LogP contribution in [0.3, 0.4) is 0 Å². The number of benzene rings is 1. The summed E-state index contributed by atoms with van der Waals surface area (Å²) < 4.78 is 2.04. The predicted octanol–water partition coefficient (Wildman–Crippen LogP) is 2.65. The number of nitrogens with one attached hydrogen (secondary N) is 2. The highest BCUT2D eigenvalue weighted by Crippen LogP contribution is 2.31. The topological polar surface area (TPSA) is 80.9 Å². The maximum Gasteiger partial charge on any atom is 0.258 e. The smallest absolute Gasteiger partial charge is 0.258 e. The van der Waals surface area contributed by atoms with Gasteiger partial charge in [0.05, 0.1) is 30.2 Å². The number of aryl methyl sites for hydroxylation is 2. The predicted molar refractivity (Wildman–Crippen MR) is 120 cm³/mol. The second-order valence-electron chi connectivity index (χ2n) is 9.79. The van der Waals surface area contributed by atoms with Gasteiger partial charge in [-0.15, -0.1) is 5.10 Å². The summed E-state index contributed by atoms with van der Waals surface area (Å²) in [4.78, 5) is 18.0. The molecule has 2 aliphatic rings. The molecule has 2 aromatic heterocycles. The number of fused-ring (bicyclic) bond motifs is 1. The monoisotopic (exact) mass is 421 g/mol. The molecule has 5 rings (SSSR count). The van der Waals surface area contributed by atoms with Crippen molar-refractivity contribution >= 4 is 10.9 Å². The van der Waals surface area contributed by atoms with E-state index in [-0.39, 0.29) is 11.6 Å². The van der Waals surface area contributed by atoms with Crippen LogP contribution in [-0.2, 0) is 0 Å². The molecule has 1 saturated heterocycles. The summed E-state index contributed by atoms with van der Waals surface area (Å²) in [5, 5.41) is 14.1. The molecule has 3 heterocycles. The molecule has 3 aromatic rings. The van der Waals surface area contributed by atoms with Gasteiger partial charge < -0.3 is 9.88 Å². The van der Waals surface area contributed by atoms with Crippen LogP contribution in [0.1, 0.15) is 80.0 Å². The second-order valence-corrected chi connectivity index (χ2v) is 9.79. The molecule has 164 valence electrons. The van der Waals surface area contributed by atoms with E-state index in [1.54, 1.807) is 0 Å². The van der Waals surface area contributed by atoms with E-state index in [0.29, 0.717) is 6.04 Å². The van der Waals surface area contributed by atoms with Crippen molar-refractivity contribution in [1.82, 2.24) is 25.2 Å². The minimum Gasteiger partial charge on any atom is -0.322 e. The van der Waals surface area contributed by atoms with Gasteiger partial charge in [0.15, 0.2) is 6.04 Å². The zero-order valence-corrected chi connectivity index (χ0v) is 18.8. The average molecular weight is 422 g/mol. The SMILES string of the molecule is Cc1cc(C)c2[nH]c(=O)c([C@H](c3nnnn3C3CCCC3)[NH+]3CCC(C)CC3)cc2c1. The van der Waals surface area contributed by atoms with Gasteiger partial charge in [-0.3, -0.25) is 4.79 Å². The highest BCUT2D eigenvalue weighted by Gasteiger charge is 2.37. The van der Waals surface area contributed by atoms with Crippen molar-refractivity contribution < 1.29 is 4.90 Å². The Labute approximate surface area is 182 Å². The summed E-state index contributed by atoms with van der Waals surface area (Å²) in [7, 11) is 0. The molecule has 31 heavy (non-hydrogen) atoms. The number of likely N-dealkylation sites (tertiary alicyclic amines) is 1. The van der Waals surface area contributed by atoms with E-state index in [2.05, 4.69) is 59.5 Å². The lowest BCUT2D eigenvalue weighted by Crippen LogP contribution is -3.13. The average Bonchev–Trinajstić information content (AvgIpc) is 3.42. The van der Waals surface area contributed by atoms with Gasteiger partial charge in [-0.1, -0.05) is 31.4 Å². The lowest BCUT2D eigenvalue weighted by Gasteiger charge is -2.33. The summed E-state index contributed by atoms with van der Waals surface area (Å²) in [5.41, 5.74) is 4.00. The lowest BCUT2D eigenvalue weighted by atomic mass is 9.95. The molecule has 0 radical (unpaired) electrons. The molecular weight excluding hydrogens is 388 g/mol. The quantitative estimate of drug-likeness (QED) is 0.679. The lowest BCUT2D eigenvalue weighted by molar-refractivity contribution is -0.932. The second kappa shape index (κ2) is 8.19. The van der Waals surface area contributed by atoms with Crippen LogP contribution in [0.5, 0.6) is 0 Å². The molecule has 0 amide bonds. The molecule has 0 bridgehead atoms. The van der Waals surface area contributed by atoms with E-state index in [9.17, 15) is 4.79 Å². The Morgan fingerprint density at radius 1 is 1.10 bits per heavy atom. The number of aromatic amines is 1. The number of piperidine rings is 1. The van der Waals surface area contributed by atoms with Gasteiger partial charge in [0.25, 0.3) is 5.56 Å². The third kappa shape index (κ3) is 3.80. The number of hydrogen-bond donors (Lipinski definition) is 2. The Morgan fingerprint density at radius 3 is 2.58 bits per heavy atom. The Bertz CT molecular complexity index is 1130. The van der Waals surface area contributed by atoms with Crippen LogP contribution in [-0.4, -0.2) is 38.3 Å². The fourth-order valence-corrected chi connectivity index (χ4v) is 5.68. The van der Waals surface area contributed by atoms with Gasteiger partial charge in [-0.25, -0.2) is 4.68 Å². The van der Waals surface area contributed by atoms with Crippen LogP contribution in [0.15, 0.2) is 23.0 Å². The van der Waals surface area contributed by atoms with E-state index in [1.165, 1.54) is 36.1 Å². The number of tetrazole rings is 1. The fraction of sp³-hybridized carbons (Fsp3) is 0.583. The molecule has 1 atom stereocenters. The van der Waals surface area contributed by atoms with Gasteiger partial charge in [0.2, 0.25) is 5.82 Å². The first kappa shape index (κ1) is 20.4. The van der Waals surface area contributed by atoms with Crippen molar-refractivity contribution in [1.29, 1.82) is 0 Å². The number of hydrogen-bond acceptors (Lipinski definition) is 4. The van der Waals surface area contributed by atoms with Gasteiger partial charge in [0, 0.05) is 0 Å². The normalized spacial score (nSPS) is 23.5. The molecule has 1 aliphatic heterocycles. The number of pyridine rings is 1. The molecule has 2 fully saturated rings. The summed E-state index contributed by atoms with van der Waals surface area (Å²) in [6.07, 6.45) is 7.00. The first-order valence-electron chi connectivity index (χ1n) is 11.8. The van der Waals surface area contributed by atoms with Crippen molar-refractivity contribution in [2.75, 3.05) is 13.1 Å². The minimum atomic E-state index is -0.142. The molecule has 1 aliphatic carbocycles. The maximum atomic E-state index is 13.4. The van der Waals surface area contributed by atoms with Crippen molar-refractivity contribution in [3.05, 3.63) is 51.1 Å². The number of aromatic nitrogens is 5. The van der Waals surface area contributed by atoms with Crippen molar-refractivity contribution in [3.8, 4) is 0 Å². The third-order valence-electron chi connectivity index (χ3n) is 7.40.